The molecule has 6 nitrogen and oxygen atoms in total. The van der Waals surface area contributed by atoms with Crippen LogP contribution in [0, 0.1) is 0 Å². The Morgan fingerprint density at radius 3 is 1.93 bits per heavy atom. The van der Waals surface area contributed by atoms with Crippen molar-refractivity contribution in [1.29, 1.82) is 0 Å². The fourth-order valence-electron chi connectivity index (χ4n) is 0.922. The Morgan fingerprint density at radius 1 is 1.00 bits per heavy atom. The molecule has 6 heteroatoms. The molecule has 0 rings (SSSR count). The molecule has 0 aliphatic rings. The summed E-state index contributed by atoms with van der Waals surface area (Å²) in [6, 6.07) is -0.146. The summed E-state index contributed by atoms with van der Waals surface area (Å²) in [6.07, 6.45) is 0.373. The smallest absolute Gasteiger partial charge is 0.333 e. The first-order valence-corrected chi connectivity index (χ1v) is 4.75. The van der Waals surface area contributed by atoms with E-state index in [1.54, 1.807) is 35.2 Å². The molecule has 0 aliphatic heterocycles. The minimum absolute atomic E-state index is 0.0354. The molecule has 0 atom stereocenters. The van der Waals surface area contributed by atoms with Gasteiger partial charge in [0.05, 0.1) is 0 Å². The first-order valence-electron chi connectivity index (χ1n) is 4.75. The van der Waals surface area contributed by atoms with Gasteiger partial charge in [0.1, 0.15) is 0 Å². The lowest BCUT2D eigenvalue weighted by Gasteiger charge is -2.22. The second-order valence-electron chi connectivity index (χ2n) is 3.68. The van der Waals surface area contributed by atoms with Gasteiger partial charge >= 0.3 is 6.03 Å². The molecule has 0 saturated heterocycles. The zero-order chi connectivity index (χ0) is 12.0. The Bertz CT molecular complexity index is 228. The molecule has 0 radical (unpaired) electrons. The van der Waals surface area contributed by atoms with E-state index in [-0.39, 0.29) is 11.9 Å². The van der Waals surface area contributed by atoms with Crippen LogP contribution in [0.15, 0.2) is 0 Å². The van der Waals surface area contributed by atoms with Crippen molar-refractivity contribution in [3.05, 3.63) is 0 Å². The highest BCUT2D eigenvalue weighted by Crippen LogP contribution is 1.89. The molecule has 0 heterocycles. The van der Waals surface area contributed by atoms with Gasteiger partial charge in [0.25, 0.3) is 0 Å². The van der Waals surface area contributed by atoms with Crippen LogP contribution in [0.4, 0.5) is 4.79 Å². The van der Waals surface area contributed by atoms with Crippen molar-refractivity contribution in [1.82, 2.24) is 20.2 Å². The lowest BCUT2D eigenvalue weighted by molar-refractivity contribution is -0.128. The van der Waals surface area contributed by atoms with Gasteiger partial charge in [-0.2, -0.15) is 0 Å². The lowest BCUT2D eigenvalue weighted by Crippen LogP contribution is -2.46. The fraction of sp³-hybridized carbons (Fsp3) is 0.778. The van der Waals surface area contributed by atoms with Crippen molar-refractivity contribution in [2.45, 2.75) is 6.42 Å². The third-order valence-electron chi connectivity index (χ3n) is 1.86. The molecule has 15 heavy (non-hydrogen) atoms. The van der Waals surface area contributed by atoms with Crippen molar-refractivity contribution >= 4 is 11.9 Å². The Morgan fingerprint density at radius 2 is 1.53 bits per heavy atom. The first kappa shape index (κ1) is 13.7. The highest BCUT2D eigenvalue weighted by molar-refractivity contribution is 5.76. The first-order chi connectivity index (χ1) is 6.86. The van der Waals surface area contributed by atoms with Crippen molar-refractivity contribution in [2.24, 2.45) is 0 Å². The second kappa shape index (κ2) is 6.23. The lowest BCUT2D eigenvalue weighted by atomic mass is 10.4. The Kier molecular flexibility index (Phi) is 5.69. The number of carbonyl (C=O) groups is 2. The van der Waals surface area contributed by atoms with Crippen LogP contribution in [0.25, 0.3) is 0 Å². The van der Waals surface area contributed by atoms with Gasteiger partial charge in [0, 0.05) is 48.2 Å². The number of hydrogen-bond acceptors (Lipinski definition) is 3. The molecule has 0 spiro atoms. The van der Waals surface area contributed by atoms with E-state index in [1.165, 1.54) is 14.8 Å². The van der Waals surface area contributed by atoms with Crippen molar-refractivity contribution in [2.75, 3.05) is 41.8 Å². The predicted octanol–water partition coefficient (Wildman–Crippen LogP) is -0.417. The summed E-state index contributed by atoms with van der Waals surface area (Å²) in [5.41, 5.74) is 2.84. The number of nitrogens with one attached hydrogen (secondary N) is 1. The largest absolute Gasteiger partial charge is 0.349 e. The maximum atomic E-state index is 11.3. The van der Waals surface area contributed by atoms with E-state index in [4.69, 9.17) is 0 Å². The van der Waals surface area contributed by atoms with Crippen molar-refractivity contribution in [3.63, 3.8) is 0 Å². The second-order valence-corrected chi connectivity index (χ2v) is 3.68. The third-order valence-corrected chi connectivity index (χ3v) is 1.86. The monoisotopic (exact) mass is 216 g/mol. The third kappa shape index (κ3) is 5.21. The van der Waals surface area contributed by atoms with E-state index in [9.17, 15) is 9.59 Å². The van der Waals surface area contributed by atoms with Gasteiger partial charge in [0.15, 0.2) is 0 Å². The van der Waals surface area contributed by atoms with E-state index in [0.717, 1.165) is 0 Å². The van der Waals surface area contributed by atoms with E-state index >= 15 is 0 Å². The van der Waals surface area contributed by atoms with Crippen LogP contribution in [-0.2, 0) is 4.79 Å². The highest BCUT2D eigenvalue weighted by Gasteiger charge is 2.10. The van der Waals surface area contributed by atoms with Gasteiger partial charge in [-0.3, -0.25) is 9.80 Å². The van der Waals surface area contributed by atoms with Crippen LogP contribution in [0.2, 0.25) is 0 Å². The van der Waals surface area contributed by atoms with Crippen LogP contribution in [0.5, 0.6) is 0 Å². The number of nitrogens with zero attached hydrogens (tertiary/aromatic N) is 3. The number of hydrazine groups is 1. The number of amides is 3. The van der Waals surface area contributed by atoms with Gasteiger partial charge in [-0.1, -0.05) is 0 Å². The van der Waals surface area contributed by atoms with E-state index in [1.807, 2.05) is 0 Å². The van der Waals surface area contributed by atoms with E-state index < -0.39 is 0 Å². The highest BCUT2D eigenvalue weighted by atomic mass is 16.2. The molecule has 0 saturated carbocycles. The summed E-state index contributed by atoms with van der Waals surface area (Å²) in [5.74, 6) is 0.0354. The molecule has 0 aromatic rings. The minimum Gasteiger partial charge on any atom is -0.349 e. The number of hydrogen-bond donors (Lipinski definition) is 1. The van der Waals surface area contributed by atoms with Gasteiger partial charge in [-0.05, 0) is 0 Å². The quantitative estimate of drug-likeness (QED) is 0.650. The summed E-state index contributed by atoms with van der Waals surface area (Å²) in [5, 5.41) is 1.36. The molecule has 88 valence electrons. The Labute approximate surface area is 90.8 Å². The zero-order valence-electron chi connectivity index (χ0n) is 10.1. The molecule has 0 aliphatic carbocycles. The van der Waals surface area contributed by atoms with Crippen LogP contribution >= 0.6 is 0 Å². The molecular weight excluding hydrogens is 196 g/mol. The maximum Gasteiger partial charge on any atom is 0.333 e. The Hall–Kier alpha value is -1.30. The average molecular weight is 216 g/mol. The standard InChI is InChI=1S/C9H20N4O2/c1-11(2)8(14)6-7-10-13(5)9(15)12(3)4/h10H,6-7H2,1-5H3. The zero-order valence-corrected chi connectivity index (χ0v) is 10.1. The molecule has 0 aromatic carbocycles. The van der Waals surface area contributed by atoms with Gasteiger partial charge < -0.3 is 9.80 Å². The van der Waals surface area contributed by atoms with Crippen molar-refractivity contribution in [3.8, 4) is 0 Å². The fourth-order valence-corrected chi connectivity index (χ4v) is 0.922. The average Bonchev–Trinajstić information content (AvgIpc) is 2.15. The summed E-state index contributed by atoms with van der Waals surface area (Å²) in [7, 11) is 8.38. The van der Waals surface area contributed by atoms with Gasteiger partial charge in [0.2, 0.25) is 5.91 Å². The summed E-state index contributed by atoms with van der Waals surface area (Å²) in [6.45, 7) is 0.451. The van der Waals surface area contributed by atoms with Crippen LogP contribution in [0.3, 0.4) is 0 Å². The normalized spacial score (nSPS) is 9.67. The summed E-state index contributed by atoms with van der Waals surface area (Å²) >= 11 is 0. The SMILES string of the molecule is CN(C)C(=O)CCNN(C)C(=O)N(C)C. The summed E-state index contributed by atoms with van der Waals surface area (Å²) < 4.78 is 0. The van der Waals surface area contributed by atoms with E-state index in [2.05, 4.69) is 5.43 Å². The van der Waals surface area contributed by atoms with Crippen LogP contribution < -0.4 is 5.43 Å². The molecule has 3 amide bonds. The molecular formula is C9H20N4O2. The minimum atomic E-state index is -0.146. The Balaban J connectivity index is 3.78. The molecule has 0 aromatic heterocycles. The summed E-state index contributed by atoms with van der Waals surface area (Å²) in [4.78, 5) is 25.5. The molecule has 0 unspecified atom stereocenters. The van der Waals surface area contributed by atoms with Crippen molar-refractivity contribution < 1.29 is 9.59 Å². The number of carbonyl (C=O) groups excluding carboxylic acids is 2. The van der Waals surface area contributed by atoms with E-state index in [0.29, 0.717) is 13.0 Å². The maximum absolute atomic E-state index is 11.3. The molecule has 0 bridgehead atoms. The molecule has 0 fully saturated rings. The predicted molar refractivity (Wildman–Crippen MR) is 58.2 cm³/mol. The molecule has 1 N–H and O–H groups in total. The number of urea groups is 1. The topological polar surface area (TPSA) is 55.9 Å². The van der Waals surface area contributed by atoms with Crippen LogP contribution in [0.1, 0.15) is 6.42 Å². The van der Waals surface area contributed by atoms with Gasteiger partial charge in [-0.15, -0.1) is 0 Å². The van der Waals surface area contributed by atoms with Gasteiger partial charge in [-0.25, -0.2) is 10.2 Å². The number of rotatable bonds is 4. The van der Waals surface area contributed by atoms with Crippen LogP contribution in [-0.4, -0.2) is 68.5 Å².